The topological polar surface area (TPSA) is 92.2 Å². The van der Waals surface area contributed by atoms with Crippen molar-refractivity contribution in [1.82, 2.24) is 0 Å². The third-order valence-corrected chi connectivity index (χ3v) is 14.5. The second kappa shape index (κ2) is 32.1. The van der Waals surface area contributed by atoms with E-state index >= 15 is 0 Å². The van der Waals surface area contributed by atoms with Crippen LogP contribution in [0.25, 0.3) is 0 Å². The summed E-state index contributed by atoms with van der Waals surface area (Å²) >= 11 is 11.0. The van der Waals surface area contributed by atoms with Gasteiger partial charge in [0.15, 0.2) is 0 Å². The van der Waals surface area contributed by atoms with Crippen LogP contribution in [-0.2, 0) is 70.4 Å². The number of hydrogen-bond donors (Lipinski definition) is 0. The van der Waals surface area contributed by atoms with E-state index in [1.165, 1.54) is 138 Å². The number of hydrogen-bond acceptors (Lipinski definition) is 8. The molecule has 0 saturated heterocycles. The van der Waals surface area contributed by atoms with Gasteiger partial charge in [0.2, 0.25) is 0 Å². The second-order valence-electron chi connectivity index (χ2n) is 13.5. The molecule has 0 aromatic heterocycles. The molecule has 0 heterocycles. The average Bonchev–Trinajstić information content (AvgIpc) is 3.05. The molecule has 0 atom stereocenters. The Balaban J connectivity index is 0.000000962. The van der Waals surface area contributed by atoms with E-state index in [4.69, 9.17) is 0 Å². The fourth-order valence-electron chi connectivity index (χ4n) is 6.32. The standard InChI is InChI=1S/2C20H35O2PS2.Mo/c2*1-3-5-7-9-11-14-18-15-13-17-20(25-23(21,22)24)19(18)16-12-10-8-6-4-2;/h2*13,15,17H,3-12,14,16H2,1-2H3,(H2,21,22,24);/q;;+4/p-4. The van der Waals surface area contributed by atoms with E-state index in [9.17, 15) is 19.6 Å². The molecule has 0 aliphatic heterocycles. The molecule has 290 valence electrons. The first-order chi connectivity index (χ1) is 24.0. The van der Waals surface area contributed by atoms with E-state index < -0.39 is 11.4 Å². The Morgan fingerprint density at radius 2 is 0.706 bits per heavy atom. The Kier molecular flexibility index (Phi) is 32.7. The average molecular weight is 897 g/mol. The first-order valence-electron chi connectivity index (χ1n) is 19.6. The van der Waals surface area contributed by atoms with Crippen molar-refractivity contribution >= 4 is 57.8 Å². The van der Waals surface area contributed by atoms with E-state index in [1.807, 2.05) is 24.3 Å². The minimum absolute atomic E-state index is 0. The Labute approximate surface area is 346 Å². The van der Waals surface area contributed by atoms with Crippen molar-refractivity contribution in [2.45, 2.75) is 192 Å². The zero-order chi connectivity index (χ0) is 37.1. The summed E-state index contributed by atoms with van der Waals surface area (Å²) in [6, 6.07) is 12.1. The molecule has 11 heteroatoms. The minimum atomic E-state index is -3.77. The zero-order valence-corrected chi connectivity index (χ0v) is 39.1. The van der Waals surface area contributed by atoms with Crippen LogP contribution in [0.15, 0.2) is 46.2 Å². The fourth-order valence-corrected chi connectivity index (χ4v) is 11.7. The van der Waals surface area contributed by atoms with Crippen molar-refractivity contribution in [3.05, 3.63) is 58.7 Å². The predicted molar refractivity (Wildman–Crippen MR) is 223 cm³/mol. The van der Waals surface area contributed by atoms with Crippen LogP contribution in [0.1, 0.15) is 178 Å². The van der Waals surface area contributed by atoms with Crippen molar-refractivity contribution in [2.75, 3.05) is 0 Å². The van der Waals surface area contributed by atoms with Crippen molar-refractivity contribution < 1.29 is 40.6 Å². The molecule has 2 aromatic rings. The molecule has 2 aromatic carbocycles. The van der Waals surface area contributed by atoms with Crippen LogP contribution in [-0.4, -0.2) is 0 Å². The third-order valence-electron chi connectivity index (χ3n) is 9.04. The number of benzene rings is 2. The van der Waals surface area contributed by atoms with Gasteiger partial charge in [-0.05, 0) is 85.8 Å². The fraction of sp³-hybridized carbons (Fsp3) is 0.700. The molecule has 0 radical (unpaired) electrons. The summed E-state index contributed by atoms with van der Waals surface area (Å²) < 4.78 is 0. The largest absolute Gasteiger partial charge is 4.00 e. The van der Waals surface area contributed by atoms with Gasteiger partial charge in [-0.1, -0.05) is 155 Å². The van der Waals surface area contributed by atoms with Gasteiger partial charge in [0, 0.05) is 9.79 Å². The maximum absolute atomic E-state index is 11.6. The molecule has 51 heavy (non-hydrogen) atoms. The van der Waals surface area contributed by atoms with Crippen LogP contribution < -0.4 is 19.6 Å². The molecule has 0 N–H and O–H groups in total. The van der Waals surface area contributed by atoms with E-state index in [1.54, 1.807) is 0 Å². The first-order valence-corrected chi connectivity index (χ1v) is 27.7. The van der Waals surface area contributed by atoms with Crippen molar-refractivity contribution in [1.29, 1.82) is 0 Å². The van der Waals surface area contributed by atoms with Gasteiger partial charge in [-0.25, -0.2) is 0 Å². The number of unbranched alkanes of at least 4 members (excludes halogenated alkanes) is 16. The van der Waals surface area contributed by atoms with Crippen LogP contribution in [0.3, 0.4) is 0 Å². The zero-order valence-electron chi connectivity index (χ0n) is 32.0. The van der Waals surface area contributed by atoms with Gasteiger partial charge in [-0.15, -0.1) is 46.4 Å². The van der Waals surface area contributed by atoms with Gasteiger partial charge in [0.05, 0.1) is 0 Å². The van der Waals surface area contributed by atoms with E-state index in [0.717, 1.165) is 71.1 Å². The van der Waals surface area contributed by atoms with Gasteiger partial charge < -0.3 is 19.6 Å². The van der Waals surface area contributed by atoms with Crippen LogP contribution in [0.5, 0.6) is 0 Å². The Morgan fingerprint density at radius 1 is 0.431 bits per heavy atom. The molecular weight excluding hydrogens is 831 g/mol. The summed E-state index contributed by atoms with van der Waals surface area (Å²) in [5, 5.41) is 0. The molecule has 0 spiro atoms. The number of rotatable bonds is 28. The van der Waals surface area contributed by atoms with Crippen molar-refractivity contribution in [2.24, 2.45) is 0 Å². The Morgan fingerprint density at radius 3 is 0.980 bits per heavy atom. The smallest absolute Gasteiger partial charge is 0.824 e. The van der Waals surface area contributed by atoms with E-state index in [-0.39, 0.29) is 21.1 Å². The molecule has 0 bridgehead atoms. The van der Waals surface area contributed by atoms with Crippen LogP contribution in [0.4, 0.5) is 0 Å². The molecule has 0 amide bonds. The van der Waals surface area contributed by atoms with Crippen LogP contribution >= 0.6 is 34.2 Å². The molecule has 0 saturated carbocycles. The second-order valence-corrected chi connectivity index (χ2v) is 24.8. The summed E-state index contributed by atoms with van der Waals surface area (Å²) in [5.74, 6) is 0. The van der Waals surface area contributed by atoms with Gasteiger partial charge in [-0.2, -0.15) is 11.4 Å². The molecule has 0 fully saturated rings. The summed E-state index contributed by atoms with van der Waals surface area (Å²) in [6.45, 7) is 8.90. The summed E-state index contributed by atoms with van der Waals surface area (Å²) in [6.07, 6.45) is 28.8. The monoisotopic (exact) mass is 898 g/mol. The quantitative estimate of drug-likeness (QED) is 0.0474. The molecule has 2 rings (SSSR count). The Hall–Kier alpha value is 0.968. The van der Waals surface area contributed by atoms with Crippen molar-refractivity contribution in [3.63, 3.8) is 0 Å². The molecular formula is C40H66MoO4P2S4. The minimum Gasteiger partial charge on any atom is -0.824 e. The molecule has 0 aliphatic carbocycles. The number of aryl methyl sites for hydroxylation is 2. The summed E-state index contributed by atoms with van der Waals surface area (Å²) in [4.78, 5) is 48.2. The predicted octanol–water partition coefficient (Wildman–Crippen LogP) is 11.5. The maximum Gasteiger partial charge on any atom is 4.00 e. The molecule has 0 unspecified atom stereocenters. The van der Waals surface area contributed by atoms with Gasteiger partial charge in [0.1, 0.15) is 0 Å². The molecule has 0 aliphatic rings. The van der Waals surface area contributed by atoms with E-state index in [0.29, 0.717) is 0 Å². The van der Waals surface area contributed by atoms with Gasteiger partial charge >= 0.3 is 21.1 Å². The Bertz CT molecular complexity index is 1160. The van der Waals surface area contributed by atoms with Crippen LogP contribution in [0.2, 0.25) is 0 Å². The third kappa shape index (κ3) is 27.3. The van der Waals surface area contributed by atoms with Crippen LogP contribution in [0, 0.1) is 0 Å². The molecule has 4 nitrogen and oxygen atoms in total. The normalized spacial score (nSPS) is 11.6. The summed E-state index contributed by atoms with van der Waals surface area (Å²) in [7, 11) is 0. The van der Waals surface area contributed by atoms with E-state index in [2.05, 4.69) is 63.4 Å². The summed E-state index contributed by atoms with van der Waals surface area (Å²) in [5.41, 5.74) is -2.46. The maximum atomic E-state index is 11.6. The van der Waals surface area contributed by atoms with Gasteiger partial charge in [-0.3, -0.25) is 0 Å². The van der Waals surface area contributed by atoms with Gasteiger partial charge in [0.25, 0.3) is 0 Å². The first kappa shape index (κ1) is 52.0. The van der Waals surface area contributed by atoms with Crippen molar-refractivity contribution in [3.8, 4) is 0 Å². The SMILES string of the molecule is CCCCCCCc1cccc(SP([O-])([O-])=S)c1CCCCCCC.CCCCCCCc1cccc(SP([O-])([O-])=S)c1CCCCCCC.[Mo+4].